The highest BCUT2D eigenvalue weighted by Gasteiger charge is 2.28. The van der Waals surface area contributed by atoms with Crippen LogP contribution in [0, 0.1) is 0 Å². The molecule has 0 aromatic rings. The van der Waals surface area contributed by atoms with Gasteiger partial charge in [0.1, 0.15) is 12.2 Å². The molecule has 0 aromatic heterocycles. The molecule has 0 saturated heterocycles. The Hall–Kier alpha value is -1.47. The van der Waals surface area contributed by atoms with Gasteiger partial charge in [0.15, 0.2) is 0 Å². The molecular formula is C41H77NO5. The average Bonchev–Trinajstić information content (AvgIpc) is 3.07. The Morgan fingerprint density at radius 3 is 1.43 bits per heavy atom. The van der Waals surface area contributed by atoms with Crippen LogP contribution in [0.4, 0.5) is 0 Å². The van der Waals surface area contributed by atoms with E-state index >= 15 is 0 Å². The molecule has 0 spiro atoms. The SMILES string of the molecule is CCCCCC/C=C/CCCC(O)C(O)C(CO)NC(=O)C(O)CCCCCCCC/C=C\C/C=C\CCCCCCCCCCC. The highest BCUT2D eigenvalue weighted by molar-refractivity contribution is 5.80. The van der Waals surface area contributed by atoms with Crippen molar-refractivity contribution in [3.63, 3.8) is 0 Å². The Kier molecular flexibility index (Phi) is 34.7. The fourth-order valence-corrected chi connectivity index (χ4v) is 5.84. The minimum absolute atomic E-state index is 0.350. The van der Waals surface area contributed by atoms with Gasteiger partial charge in [0.05, 0.1) is 18.8 Å². The number of nitrogens with one attached hydrogen (secondary N) is 1. The third kappa shape index (κ3) is 30.3. The number of hydrogen-bond donors (Lipinski definition) is 5. The van der Waals surface area contributed by atoms with Crippen molar-refractivity contribution in [2.24, 2.45) is 0 Å². The molecule has 6 nitrogen and oxygen atoms in total. The molecule has 4 atom stereocenters. The zero-order valence-corrected chi connectivity index (χ0v) is 30.8. The molecule has 0 aliphatic rings. The summed E-state index contributed by atoms with van der Waals surface area (Å²) >= 11 is 0. The van der Waals surface area contributed by atoms with Crippen molar-refractivity contribution in [2.45, 2.75) is 212 Å². The van der Waals surface area contributed by atoms with Crippen molar-refractivity contribution in [3.05, 3.63) is 36.5 Å². The summed E-state index contributed by atoms with van der Waals surface area (Å²) in [6.07, 6.45) is 40.4. The van der Waals surface area contributed by atoms with Gasteiger partial charge in [-0.3, -0.25) is 4.79 Å². The molecular weight excluding hydrogens is 586 g/mol. The van der Waals surface area contributed by atoms with Gasteiger partial charge >= 0.3 is 0 Å². The first-order valence-electron chi connectivity index (χ1n) is 19.9. The fraction of sp³-hybridized carbons (Fsp3) is 0.829. The van der Waals surface area contributed by atoms with Crippen molar-refractivity contribution in [1.82, 2.24) is 5.32 Å². The third-order valence-corrected chi connectivity index (χ3v) is 9.07. The number of aliphatic hydroxyl groups excluding tert-OH is 4. The first-order chi connectivity index (χ1) is 23.0. The van der Waals surface area contributed by atoms with E-state index in [-0.39, 0.29) is 0 Å². The minimum atomic E-state index is -1.28. The first-order valence-corrected chi connectivity index (χ1v) is 19.9. The molecule has 0 aromatic carbocycles. The molecule has 0 rings (SSSR count). The summed E-state index contributed by atoms with van der Waals surface area (Å²) < 4.78 is 0. The van der Waals surface area contributed by atoms with Crippen LogP contribution in [0.5, 0.6) is 0 Å². The topological polar surface area (TPSA) is 110 Å². The van der Waals surface area contributed by atoms with E-state index in [1.165, 1.54) is 103 Å². The highest BCUT2D eigenvalue weighted by Crippen LogP contribution is 2.14. The average molecular weight is 664 g/mol. The van der Waals surface area contributed by atoms with Crippen molar-refractivity contribution < 1.29 is 25.2 Å². The Bertz CT molecular complexity index is 752. The van der Waals surface area contributed by atoms with Crippen LogP contribution in [-0.2, 0) is 4.79 Å². The fourth-order valence-electron chi connectivity index (χ4n) is 5.84. The molecule has 47 heavy (non-hydrogen) atoms. The summed E-state index contributed by atoms with van der Waals surface area (Å²) in [5.74, 6) is -0.605. The predicted molar refractivity (Wildman–Crippen MR) is 200 cm³/mol. The number of aliphatic hydroxyl groups is 4. The maximum atomic E-state index is 12.4. The Morgan fingerprint density at radius 1 is 0.532 bits per heavy atom. The molecule has 0 heterocycles. The third-order valence-electron chi connectivity index (χ3n) is 9.07. The Balaban J connectivity index is 3.78. The van der Waals surface area contributed by atoms with Gasteiger partial charge in [0.25, 0.3) is 0 Å². The lowest BCUT2D eigenvalue weighted by atomic mass is 10.00. The summed E-state index contributed by atoms with van der Waals surface area (Å²) in [6, 6.07) is -1.00. The van der Waals surface area contributed by atoms with Crippen LogP contribution in [0.2, 0.25) is 0 Å². The van der Waals surface area contributed by atoms with Gasteiger partial charge in [-0.2, -0.15) is 0 Å². The maximum Gasteiger partial charge on any atom is 0.249 e. The summed E-state index contributed by atoms with van der Waals surface area (Å²) in [4.78, 5) is 12.4. The number of hydrogen-bond acceptors (Lipinski definition) is 5. The molecule has 0 bridgehead atoms. The van der Waals surface area contributed by atoms with Crippen molar-refractivity contribution in [1.29, 1.82) is 0 Å². The molecule has 0 fully saturated rings. The molecule has 0 radical (unpaired) electrons. The molecule has 0 aliphatic heterocycles. The molecule has 0 aliphatic carbocycles. The van der Waals surface area contributed by atoms with E-state index in [2.05, 4.69) is 55.6 Å². The van der Waals surface area contributed by atoms with Crippen LogP contribution in [0.15, 0.2) is 36.5 Å². The second-order valence-corrected chi connectivity index (χ2v) is 13.6. The van der Waals surface area contributed by atoms with E-state index in [0.717, 1.165) is 51.4 Å². The number of carbonyl (C=O) groups excluding carboxylic acids is 1. The van der Waals surface area contributed by atoms with Crippen LogP contribution in [-0.4, -0.2) is 57.3 Å². The van der Waals surface area contributed by atoms with Gasteiger partial charge in [0.2, 0.25) is 5.91 Å². The second-order valence-electron chi connectivity index (χ2n) is 13.6. The number of amides is 1. The lowest BCUT2D eigenvalue weighted by molar-refractivity contribution is -0.132. The highest BCUT2D eigenvalue weighted by atomic mass is 16.3. The van der Waals surface area contributed by atoms with Gasteiger partial charge in [-0.25, -0.2) is 0 Å². The zero-order chi connectivity index (χ0) is 34.6. The number of allylic oxidation sites excluding steroid dienone is 6. The number of rotatable bonds is 35. The molecule has 0 saturated carbocycles. The standard InChI is InChI=1S/C41H77NO5/c1-3-5-7-9-11-13-14-15-16-17-18-19-20-21-22-23-24-25-27-29-31-33-35-39(45)41(47)42-37(36-43)40(46)38(44)34-32-30-28-26-12-10-8-6-4-2/h18-19,21-22,26,28,37-40,43-46H,3-17,20,23-25,27,29-36H2,1-2H3,(H,42,47)/b19-18-,22-21-,28-26+. The van der Waals surface area contributed by atoms with Crippen molar-refractivity contribution in [3.8, 4) is 0 Å². The van der Waals surface area contributed by atoms with E-state index < -0.39 is 36.9 Å². The Morgan fingerprint density at radius 2 is 0.936 bits per heavy atom. The molecule has 4 unspecified atom stereocenters. The maximum absolute atomic E-state index is 12.4. The summed E-state index contributed by atoms with van der Waals surface area (Å²) in [5.41, 5.74) is 0. The van der Waals surface area contributed by atoms with Gasteiger partial charge in [-0.15, -0.1) is 0 Å². The van der Waals surface area contributed by atoms with Crippen LogP contribution >= 0.6 is 0 Å². The van der Waals surface area contributed by atoms with E-state index in [0.29, 0.717) is 19.3 Å². The first kappa shape index (κ1) is 45.5. The lowest BCUT2D eigenvalue weighted by Gasteiger charge is -2.27. The van der Waals surface area contributed by atoms with Crippen LogP contribution < -0.4 is 5.32 Å². The number of carbonyl (C=O) groups is 1. The minimum Gasteiger partial charge on any atom is -0.394 e. The quantitative estimate of drug-likeness (QED) is 0.0343. The van der Waals surface area contributed by atoms with Gasteiger partial charge in [0, 0.05) is 0 Å². The number of unbranched alkanes of at least 4 members (excludes halogenated alkanes) is 20. The molecule has 1 amide bonds. The van der Waals surface area contributed by atoms with E-state index in [1.807, 2.05) is 0 Å². The lowest BCUT2D eigenvalue weighted by Crippen LogP contribution is -2.53. The molecule has 6 heteroatoms. The van der Waals surface area contributed by atoms with E-state index in [4.69, 9.17) is 0 Å². The van der Waals surface area contributed by atoms with Crippen LogP contribution in [0.3, 0.4) is 0 Å². The summed E-state index contributed by atoms with van der Waals surface area (Å²) in [6.45, 7) is 3.97. The van der Waals surface area contributed by atoms with Crippen LogP contribution in [0.25, 0.3) is 0 Å². The van der Waals surface area contributed by atoms with E-state index in [9.17, 15) is 25.2 Å². The summed E-state index contributed by atoms with van der Waals surface area (Å²) in [5, 5.41) is 43.3. The van der Waals surface area contributed by atoms with Crippen molar-refractivity contribution >= 4 is 5.91 Å². The second kappa shape index (κ2) is 35.8. The summed E-state index contributed by atoms with van der Waals surface area (Å²) in [7, 11) is 0. The molecule has 276 valence electrons. The largest absolute Gasteiger partial charge is 0.394 e. The molecule has 5 N–H and O–H groups in total. The van der Waals surface area contributed by atoms with Crippen molar-refractivity contribution in [2.75, 3.05) is 6.61 Å². The van der Waals surface area contributed by atoms with Gasteiger partial charge in [-0.1, -0.05) is 153 Å². The Labute approximate surface area is 290 Å². The monoisotopic (exact) mass is 664 g/mol. The predicted octanol–water partition coefficient (Wildman–Crippen LogP) is 9.79. The van der Waals surface area contributed by atoms with Gasteiger partial charge < -0.3 is 25.7 Å². The normalized spacial score (nSPS) is 14.8. The van der Waals surface area contributed by atoms with Crippen LogP contribution in [0.1, 0.15) is 187 Å². The zero-order valence-electron chi connectivity index (χ0n) is 30.8. The smallest absolute Gasteiger partial charge is 0.249 e. The van der Waals surface area contributed by atoms with E-state index in [1.54, 1.807) is 0 Å². The van der Waals surface area contributed by atoms with Gasteiger partial charge in [-0.05, 0) is 70.6 Å².